The summed E-state index contributed by atoms with van der Waals surface area (Å²) in [5, 5.41) is 0. The SMILES string of the molecule is CC(C)(C)OC(=O)OC(C1C2CCC(C2)C1(F)F)(C(F)(F)F)C(F)(F)F.CCO[Si](C)(OCC)OCC. The molecule has 0 aromatic rings. The number of rotatable bonds is 8. The van der Waals surface area contributed by atoms with E-state index in [1.54, 1.807) is 0 Å². The molecule has 2 aliphatic rings. The lowest BCUT2D eigenvalue weighted by atomic mass is 9.72. The standard InChI is InChI=1S/C15H18F8O3.C7H18O3Si/c1-11(2,3)25-10(24)26-13(14(18,19)20,15(21,22)23)9-7-4-5-8(6-7)12(9,16)17;1-5-8-11(4,9-6-2)10-7-3/h7-9H,4-6H2,1-3H3;5-7H2,1-4H3. The van der Waals surface area contributed by atoms with Crippen molar-refractivity contribution in [1.82, 2.24) is 0 Å². The summed E-state index contributed by atoms with van der Waals surface area (Å²) in [5.41, 5.74) is -6.82. The Hall–Kier alpha value is -1.19. The van der Waals surface area contributed by atoms with Crippen molar-refractivity contribution >= 4 is 15.0 Å². The van der Waals surface area contributed by atoms with E-state index in [0.29, 0.717) is 19.8 Å². The van der Waals surface area contributed by atoms with Gasteiger partial charge >= 0.3 is 32.9 Å². The Kier molecular flexibility index (Phi) is 10.9. The second kappa shape index (κ2) is 11.9. The maximum absolute atomic E-state index is 14.4. The molecule has 2 saturated carbocycles. The molecule has 37 heavy (non-hydrogen) atoms. The van der Waals surface area contributed by atoms with Crippen LogP contribution in [-0.4, -0.2) is 64.3 Å². The minimum Gasteiger partial charge on any atom is -0.429 e. The van der Waals surface area contributed by atoms with Crippen molar-refractivity contribution in [3.63, 3.8) is 0 Å². The highest BCUT2D eigenvalue weighted by Crippen LogP contribution is 2.66. The summed E-state index contributed by atoms with van der Waals surface area (Å²) in [5.74, 6) is -10.7. The smallest absolute Gasteiger partial charge is 0.429 e. The normalized spacial score (nSPS) is 23.9. The summed E-state index contributed by atoms with van der Waals surface area (Å²) in [4.78, 5) is 11.7. The first-order valence-corrected chi connectivity index (χ1v) is 14.2. The van der Waals surface area contributed by atoms with E-state index in [-0.39, 0.29) is 12.8 Å². The highest BCUT2D eigenvalue weighted by atomic mass is 28.4. The van der Waals surface area contributed by atoms with Crippen LogP contribution >= 0.6 is 0 Å². The Bertz CT molecular complexity index is 722. The second-order valence-corrected chi connectivity index (χ2v) is 12.5. The van der Waals surface area contributed by atoms with E-state index in [4.69, 9.17) is 13.3 Å². The van der Waals surface area contributed by atoms with Gasteiger partial charge in [-0.3, -0.25) is 0 Å². The van der Waals surface area contributed by atoms with Gasteiger partial charge in [-0.1, -0.05) is 0 Å². The number of carbonyl (C=O) groups is 1. The minimum atomic E-state index is -6.30. The van der Waals surface area contributed by atoms with Crippen molar-refractivity contribution in [3.05, 3.63) is 0 Å². The topological polar surface area (TPSA) is 63.2 Å². The maximum atomic E-state index is 14.4. The van der Waals surface area contributed by atoms with Gasteiger partial charge in [-0.05, 0) is 66.7 Å². The highest BCUT2D eigenvalue weighted by Gasteiger charge is 2.85. The Labute approximate surface area is 212 Å². The summed E-state index contributed by atoms with van der Waals surface area (Å²) in [6.07, 6.45) is -15.8. The molecular weight excluding hydrogens is 540 g/mol. The van der Waals surface area contributed by atoms with Crippen LogP contribution in [0.25, 0.3) is 0 Å². The van der Waals surface area contributed by atoms with Gasteiger partial charge in [0.15, 0.2) is 0 Å². The number of hydrogen-bond donors (Lipinski definition) is 0. The van der Waals surface area contributed by atoms with Crippen LogP contribution < -0.4 is 0 Å². The van der Waals surface area contributed by atoms with Crippen molar-refractivity contribution in [2.24, 2.45) is 17.8 Å². The predicted molar refractivity (Wildman–Crippen MR) is 118 cm³/mol. The molecule has 0 heterocycles. The van der Waals surface area contributed by atoms with Crippen LogP contribution in [0.3, 0.4) is 0 Å². The summed E-state index contributed by atoms with van der Waals surface area (Å²) in [7, 11) is -2.25. The van der Waals surface area contributed by atoms with E-state index in [9.17, 15) is 39.9 Å². The fourth-order valence-electron chi connectivity index (χ4n) is 4.85. The number of alkyl halides is 8. The first-order chi connectivity index (χ1) is 16.6. The summed E-state index contributed by atoms with van der Waals surface area (Å²) in [6, 6.07) is 0. The molecule has 3 unspecified atom stereocenters. The van der Waals surface area contributed by atoms with Crippen molar-refractivity contribution in [2.45, 2.75) is 96.8 Å². The molecule has 2 bridgehead atoms. The third-order valence-electron chi connectivity index (χ3n) is 6.04. The Morgan fingerprint density at radius 1 is 0.838 bits per heavy atom. The van der Waals surface area contributed by atoms with Crippen molar-refractivity contribution in [1.29, 1.82) is 0 Å². The fourth-order valence-corrected chi connectivity index (χ4v) is 6.67. The molecule has 2 aliphatic carbocycles. The van der Waals surface area contributed by atoms with Gasteiger partial charge in [-0.25, -0.2) is 13.6 Å². The number of hydrogen-bond acceptors (Lipinski definition) is 6. The molecule has 0 radical (unpaired) electrons. The maximum Gasteiger partial charge on any atom is 0.510 e. The average Bonchev–Trinajstić information content (AvgIpc) is 3.23. The third kappa shape index (κ3) is 7.69. The number of halogens is 8. The van der Waals surface area contributed by atoms with Gasteiger partial charge in [-0.2, -0.15) is 26.3 Å². The van der Waals surface area contributed by atoms with Crippen molar-refractivity contribution in [3.8, 4) is 0 Å². The van der Waals surface area contributed by atoms with Gasteiger partial charge < -0.3 is 22.8 Å². The zero-order valence-corrected chi connectivity index (χ0v) is 22.9. The van der Waals surface area contributed by atoms with Crippen LogP contribution in [0, 0.1) is 17.8 Å². The third-order valence-corrected chi connectivity index (χ3v) is 8.48. The lowest BCUT2D eigenvalue weighted by molar-refractivity contribution is -0.405. The van der Waals surface area contributed by atoms with Gasteiger partial charge in [0.25, 0.3) is 5.92 Å². The molecule has 3 atom stereocenters. The van der Waals surface area contributed by atoms with E-state index in [0.717, 1.165) is 0 Å². The number of fused-ring (bicyclic) bond motifs is 2. The molecule has 6 nitrogen and oxygen atoms in total. The van der Waals surface area contributed by atoms with Crippen molar-refractivity contribution < 1.29 is 62.7 Å². The lowest BCUT2D eigenvalue weighted by Crippen LogP contribution is -2.69. The second-order valence-electron chi connectivity index (χ2n) is 9.88. The molecule has 0 aromatic carbocycles. The van der Waals surface area contributed by atoms with Gasteiger partial charge in [0.2, 0.25) is 0 Å². The average molecular weight is 577 g/mol. The molecule has 2 fully saturated rings. The summed E-state index contributed by atoms with van der Waals surface area (Å²) < 4.78 is 135. The lowest BCUT2D eigenvalue weighted by Gasteiger charge is -2.46. The molecule has 0 aliphatic heterocycles. The molecule has 0 spiro atoms. The van der Waals surface area contributed by atoms with Gasteiger partial charge in [-0.15, -0.1) is 0 Å². The fraction of sp³-hybridized carbons (Fsp3) is 0.955. The minimum absolute atomic E-state index is 0.174. The van der Waals surface area contributed by atoms with Crippen LogP contribution in [0.15, 0.2) is 0 Å². The van der Waals surface area contributed by atoms with E-state index in [1.165, 1.54) is 20.8 Å². The number of carbonyl (C=O) groups excluding carboxylic acids is 1. The molecular formula is C22H36F8O6Si. The molecule has 15 heteroatoms. The predicted octanol–water partition coefficient (Wildman–Crippen LogP) is 7.15. The Morgan fingerprint density at radius 3 is 1.57 bits per heavy atom. The van der Waals surface area contributed by atoms with Crippen LogP contribution in [0.1, 0.15) is 60.8 Å². The van der Waals surface area contributed by atoms with E-state index in [1.807, 2.05) is 27.3 Å². The molecule has 0 aromatic heterocycles. The van der Waals surface area contributed by atoms with Crippen LogP contribution in [0.4, 0.5) is 39.9 Å². The van der Waals surface area contributed by atoms with E-state index < -0.39 is 68.6 Å². The molecule has 2 rings (SSSR count). The highest BCUT2D eigenvalue weighted by molar-refractivity contribution is 6.59. The molecule has 220 valence electrons. The summed E-state index contributed by atoms with van der Waals surface area (Å²) in [6.45, 7) is 13.3. The Morgan fingerprint density at radius 2 is 1.27 bits per heavy atom. The van der Waals surface area contributed by atoms with Crippen LogP contribution in [0.2, 0.25) is 6.55 Å². The van der Waals surface area contributed by atoms with Gasteiger partial charge in [0, 0.05) is 32.3 Å². The first kappa shape index (κ1) is 33.8. The first-order valence-electron chi connectivity index (χ1n) is 12.0. The van der Waals surface area contributed by atoms with Gasteiger partial charge in [0.1, 0.15) is 5.60 Å². The zero-order chi connectivity index (χ0) is 29.1. The quantitative estimate of drug-likeness (QED) is 0.174. The van der Waals surface area contributed by atoms with Crippen molar-refractivity contribution in [2.75, 3.05) is 19.8 Å². The zero-order valence-electron chi connectivity index (χ0n) is 21.9. The van der Waals surface area contributed by atoms with Crippen LogP contribution in [-0.2, 0) is 22.8 Å². The number of ether oxygens (including phenoxy) is 2. The van der Waals surface area contributed by atoms with E-state index in [2.05, 4.69) is 9.47 Å². The Balaban J connectivity index is 0.000000525. The largest absolute Gasteiger partial charge is 0.510 e. The molecule has 0 amide bonds. The van der Waals surface area contributed by atoms with Crippen LogP contribution in [0.5, 0.6) is 0 Å². The molecule has 0 N–H and O–H groups in total. The molecule has 0 saturated heterocycles. The van der Waals surface area contributed by atoms with E-state index >= 15 is 0 Å². The van der Waals surface area contributed by atoms with Gasteiger partial charge in [0.05, 0.1) is 5.92 Å². The monoisotopic (exact) mass is 576 g/mol. The summed E-state index contributed by atoms with van der Waals surface area (Å²) >= 11 is 0.